The third kappa shape index (κ3) is 3.96. The van der Waals surface area contributed by atoms with Gasteiger partial charge in [-0.05, 0) is 25.3 Å². The molecular formula is C12H18N4O2. The van der Waals surface area contributed by atoms with Gasteiger partial charge in [-0.3, -0.25) is 4.79 Å². The molecular weight excluding hydrogens is 232 g/mol. The molecule has 1 aromatic rings. The summed E-state index contributed by atoms with van der Waals surface area (Å²) in [7, 11) is 1.64. The Labute approximate surface area is 106 Å². The van der Waals surface area contributed by atoms with Gasteiger partial charge in [0.05, 0.1) is 0 Å². The van der Waals surface area contributed by atoms with Gasteiger partial charge in [-0.25, -0.2) is 9.97 Å². The number of carbonyl (C=O) groups is 1. The van der Waals surface area contributed by atoms with Crippen molar-refractivity contribution < 1.29 is 9.53 Å². The Morgan fingerprint density at radius 1 is 1.56 bits per heavy atom. The molecule has 2 N–H and O–H groups in total. The van der Waals surface area contributed by atoms with E-state index in [1.165, 1.54) is 0 Å². The minimum absolute atomic E-state index is 0.174. The topological polar surface area (TPSA) is 76.1 Å². The molecule has 98 valence electrons. The van der Waals surface area contributed by atoms with Gasteiger partial charge in [-0.15, -0.1) is 0 Å². The standard InChI is InChI=1S/C12H18N4O2/c1-18-8-2-6-13-11(17)10-5-7-14-12(16-10)15-9-3-4-9/h5,7,9H,2-4,6,8H2,1H3,(H,13,17)(H,14,15,16). The van der Waals surface area contributed by atoms with Crippen molar-refractivity contribution in [1.82, 2.24) is 15.3 Å². The van der Waals surface area contributed by atoms with E-state index >= 15 is 0 Å². The van der Waals surface area contributed by atoms with Crippen molar-refractivity contribution >= 4 is 11.9 Å². The van der Waals surface area contributed by atoms with Crippen molar-refractivity contribution in [2.75, 3.05) is 25.6 Å². The monoisotopic (exact) mass is 250 g/mol. The van der Waals surface area contributed by atoms with Crippen LogP contribution in [-0.4, -0.2) is 42.2 Å². The van der Waals surface area contributed by atoms with E-state index in [0.29, 0.717) is 30.8 Å². The summed E-state index contributed by atoms with van der Waals surface area (Å²) in [5.74, 6) is 0.356. The highest BCUT2D eigenvalue weighted by atomic mass is 16.5. The van der Waals surface area contributed by atoms with E-state index in [9.17, 15) is 4.79 Å². The highest BCUT2D eigenvalue weighted by Crippen LogP contribution is 2.22. The minimum Gasteiger partial charge on any atom is -0.385 e. The molecule has 1 aliphatic carbocycles. The number of nitrogens with zero attached hydrogens (tertiary/aromatic N) is 2. The van der Waals surface area contributed by atoms with Crippen molar-refractivity contribution in [2.45, 2.75) is 25.3 Å². The van der Waals surface area contributed by atoms with E-state index in [0.717, 1.165) is 19.3 Å². The second-order valence-electron chi connectivity index (χ2n) is 4.29. The minimum atomic E-state index is -0.174. The summed E-state index contributed by atoms with van der Waals surface area (Å²) in [5.41, 5.74) is 0.394. The Morgan fingerprint density at radius 2 is 2.39 bits per heavy atom. The lowest BCUT2D eigenvalue weighted by Crippen LogP contribution is -2.26. The van der Waals surface area contributed by atoms with E-state index in [1.54, 1.807) is 19.4 Å². The molecule has 0 aliphatic heterocycles. The van der Waals surface area contributed by atoms with E-state index < -0.39 is 0 Å². The molecule has 2 rings (SSSR count). The first-order valence-corrected chi connectivity index (χ1v) is 6.16. The van der Waals surface area contributed by atoms with Gasteiger partial charge in [0.15, 0.2) is 0 Å². The summed E-state index contributed by atoms with van der Waals surface area (Å²) < 4.78 is 4.91. The summed E-state index contributed by atoms with van der Waals surface area (Å²) >= 11 is 0. The van der Waals surface area contributed by atoms with Crippen molar-refractivity contribution in [3.05, 3.63) is 18.0 Å². The number of ether oxygens (including phenoxy) is 1. The number of rotatable bonds is 7. The van der Waals surface area contributed by atoms with Gasteiger partial charge in [-0.1, -0.05) is 0 Å². The zero-order valence-corrected chi connectivity index (χ0v) is 10.5. The Morgan fingerprint density at radius 3 is 3.11 bits per heavy atom. The van der Waals surface area contributed by atoms with Crippen molar-refractivity contribution in [1.29, 1.82) is 0 Å². The number of carbonyl (C=O) groups excluding carboxylic acids is 1. The molecule has 1 heterocycles. The van der Waals surface area contributed by atoms with Gasteiger partial charge in [0.2, 0.25) is 5.95 Å². The van der Waals surface area contributed by atoms with Crippen LogP contribution in [0.15, 0.2) is 12.3 Å². The number of hydrogen-bond donors (Lipinski definition) is 2. The Hall–Kier alpha value is -1.69. The molecule has 6 heteroatoms. The van der Waals surface area contributed by atoms with Crippen molar-refractivity contribution in [3.8, 4) is 0 Å². The summed E-state index contributed by atoms with van der Waals surface area (Å²) in [5, 5.41) is 5.96. The third-order valence-corrected chi connectivity index (χ3v) is 2.61. The van der Waals surface area contributed by atoms with Gasteiger partial charge in [0, 0.05) is 32.5 Å². The van der Waals surface area contributed by atoms with E-state index in [4.69, 9.17) is 4.74 Å². The van der Waals surface area contributed by atoms with Crippen LogP contribution in [0.3, 0.4) is 0 Å². The van der Waals surface area contributed by atoms with Crippen molar-refractivity contribution in [2.24, 2.45) is 0 Å². The summed E-state index contributed by atoms with van der Waals surface area (Å²) in [4.78, 5) is 20.1. The Bertz CT molecular complexity index is 407. The Balaban J connectivity index is 1.84. The smallest absolute Gasteiger partial charge is 0.270 e. The molecule has 0 bridgehead atoms. The maximum Gasteiger partial charge on any atom is 0.270 e. The van der Waals surface area contributed by atoms with Crippen LogP contribution < -0.4 is 10.6 Å². The second kappa shape index (κ2) is 6.30. The zero-order chi connectivity index (χ0) is 12.8. The molecule has 0 radical (unpaired) electrons. The molecule has 0 saturated heterocycles. The molecule has 1 fully saturated rings. The first-order chi connectivity index (χ1) is 8.79. The molecule has 1 aromatic heterocycles. The summed E-state index contributed by atoms with van der Waals surface area (Å²) in [6, 6.07) is 2.09. The fourth-order valence-electron chi connectivity index (χ4n) is 1.47. The fourth-order valence-corrected chi connectivity index (χ4v) is 1.47. The highest BCUT2D eigenvalue weighted by Gasteiger charge is 2.22. The van der Waals surface area contributed by atoms with Crippen LogP contribution in [0.5, 0.6) is 0 Å². The lowest BCUT2D eigenvalue weighted by Gasteiger charge is -2.06. The number of methoxy groups -OCH3 is 1. The van der Waals surface area contributed by atoms with Gasteiger partial charge in [0.25, 0.3) is 5.91 Å². The fraction of sp³-hybridized carbons (Fsp3) is 0.583. The number of aromatic nitrogens is 2. The zero-order valence-electron chi connectivity index (χ0n) is 10.5. The molecule has 0 spiro atoms. The largest absolute Gasteiger partial charge is 0.385 e. The predicted molar refractivity (Wildman–Crippen MR) is 67.5 cm³/mol. The average Bonchev–Trinajstić information content (AvgIpc) is 3.19. The number of hydrogen-bond acceptors (Lipinski definition) is 5. The first kappa shape index (κ1) is 12.8. The van der Waals surface area contributed by atoms with Gasteiger partial charge < -0.3 is 15.4 Å². The Kier molecular flexibility index (Phi) is 4.46. The van der Waals surface area contributed by atoms with Gasteiger partial charge >= 0.3 is 0 Å². The number of anilines is 1. The van der Waals surface area contributed by atoms with Crippen LogP contribution in [0.25, 0.3) is 0 Å². The third-order valence-electron chi connectivity index (χ3n) is 2.61. The SMILES string of the molecule is COCCCNC(=O)c1ccnc(NC2CC2)n1. The van der Waals surface area contributed by atoms with Crippen LogP contribution in [-0.2, 0) is 4.74 Å². The lowest BCUT2D eigenvalue weighted by atomic mass is 10.3. The maximum absolute atomic E-state index is 11.8. The molecule has 0 atom stereocenters. The molecule has 1 amide bonds. The van der Waals surface area contributed by atoms with Gasteiger partial charge in [-0.2, -0.15) is 0 Å². The van der Waals surface area contributed by atoms with Crippen LogP contribution in [0.4, 0.5) is 5.95 Å². The van der Waals surface area contributed by atoms with Crippen LogP contribution in [0.1, 0.15) is 29.8 Å². The van der Waals surface area contributed by atoms with Crippen LogP contribution in [0, 0.1) is 0 Å². The predicted octanol–water partition coefficient (Wildman–Crippen LogP) is 0.817. The van der Waals surface area contributed by atoms with Gasteiger partial charge in [0.1, 0.15) is 5.69 Å². The molecule has 0 unspecified atom stereocenters. The number of amides is 1. The van der Waals surface area contributed by atoms with Crippen LogP contribution in [0.2, 0.25) is 0 Å². The van der Waals surface area contributed by atoms with E-state index in [1.807, 2.05) is 0 Å². The average molecular weight is 250 g/mol. The molecule has 1 saturated carbocycles. The quantitative estimate of drug-likeness (QED) is 0.701. The number of nitrogens with one attached hydrogen (secondary N) is 2. The molecule has 6 nitrogen and oxygen atoms in total. The molecule has 0 aromatic carbocycles. The van der Waals surface area contributed by atoms with Crippen molar-refractivity contribution in [3.63, 3.8) is 0 Å². The van der Waals surface area contributed by atoms with E-state index in [-0.39, 0.29) is 5.91 Å². The first-order valence-electron chi connectivity index (χ1n) is 6.16. The van der Waals surface area contributed by atoms with E-state index in [2.05, 4.69) is 20.6 Å². The maximum atomic E-state index is 11.8. The summed E-state index contributed by atoms with van der Waals surface area (Å²) in [6.45, 7) is 1.22. The lowest BCUT2D eigenvalue weighted by molar-refractivity contribution is 0.0943. The second-order valence-corrected chi connectivity index (χ2v) is 4.29. The highest BCUT2D eigenvalue weighted by molar-refractivity contribution is 5.92. The normalized spacial score (nSPS) is 14.3. The summed E-state index contributed by atoms with van der Waals surface area (Å²) in [6.07, 6.45) is 4.69. The van der Waals surface area contributed by atoms with Crippen LogP contribution >= 0.6 is 0 Å². The molecule has 18 heavy (non-hydrogen) atoms. The molecule has 1 aliphatic rings.